The van der Waals surface area contributed by atoms with Gasteiger partial charge in [0.2, 0.25) is 0 Å². The summed E-state index contributed by atoms with van der Waals surface area (Å²) in [5.41, 5.74) is 2.74. The number of aliphatic hydroxyl groups excluding tert-OH is 1. The van der Waals surface area contributed by atoms with Crippen LogP contribution in [0.2, 0.25) is 0 Å². The van der Waals surface area contributed by atoms with Crippen LogP contribution in [0.5, 0.6) is 0 Å². The van der Waals surface area contributed by atoms with Crippen molar-refractivity contribution in [3.05, 3.63) is 35.4 Å². The number of nitrogens with one attached hydrogen (secondary N) is 1. The minimum atomic E-state index is 0.215. The van der Waals surface area contributed by atoms with Crippen molar-refractivity contribution in [1.29, 1.82) is 0 Å². The van der Waals surface area contributed by atoms with Gasteiger partial charge in [0.05, 0.1) is 6.61 Å². The smallest absolute Gasteiger partial charge is 0.0555 e. The molecule has 15 heavy (non-hydrogen) atoms. The molecule has 0 saturated carbocycles. The number of aliphatic hydroxyl groups is 1. The molecule has 0 unspecified atom stereocenters. The van der Waals surface area contributed by atoms with E-state index < -0.39 is 0 Å². The van der Waals surface area contributed by atoms with E-state index in [0.717, 1.165) is 13.0 Å². The summed E-state index contributed by atoms with van der Waals surface area (Å²) in [6.07, 6.45) is 1.03. The molecule has 0 aliphatic carbocycles. The molecule has 0 bridgehead atoms. The molecule has 1 aromatic carbocycles. The summed E-state index contributed by atoms with van der Waals surface area (Å²) in [7, 11) is 0. The Morgan fingerprint density at radius 3 is 2.33 bits per heavy atom. The first kappa shape index (κ1) is 12.2. The second kappa shape index (κ2) is 6.59. The van der Waals surface area contributed by atoms with Crippen LogP contribution in [-0.2, 0) is 6.42 Å². The first-order chi connectivity index (χ1) is 7.24. The van der Waals surface area contributed by atoms with Crippen LogP contribution in [0.15, 0.2) is 24.3 Å². The third kappa shape index (κ3) is 4.45. The Hall–Kier alpha value is -0.860. The van der Waals surface area contributed by atoms with Gasteiger partial charge in [-0.2, -0.15) is 0 Å². The van der Waals surface area contributed by atoms with Crippen molar-refractivity contribution < 1.29 is 5.11 Å². The Morgan fingerprint density at radius 2 is 1.80 bits per heavy atom. The second-order valence-electron chi connectivity index (χ2n) is 4.12. The van der Waals surface area contributed by atoms with E-state index >= 15 is 0 Å². The minimum absolute atomic E-state index is 0.215. The van der Waals surface area contributed by atoms with Crippen molar-refractivity contribution in [3.8, 4) is 0 Å². The van der Waals surface area contributed by atoms with Gasteiger partial charge in [-0.15, -0.1) is 0 Å². The molecule has 0 atom stereocenters. The number of benzene rings is 1. The summed E-state index contributed by atoms with van der Waals surface area (Å²) < 4.78 is 0. The van der Waals surface area contributed by atoms with Gasteiger partial charge < -0.3 is 10.4 Å². The van der Waals surface area contributed by atoms with Crippen LogP contribution in [-0.4, -0.2) is 24.8 Å². The SMILES string of the molecule is CC(C)c1ccc(CCNCCO)cc1. The topological polar surface area (TPSA) is 32.3 Å². The molecular weight excluding hydrogens is 186 g/mol. The summed E-state index contributed by atoms with van der Waals surface area (Å²) in [6, 6.07) is 8.78. The quantitative estimate of drug-likeness (QED) is 0.699. The van der Waals surface area contributed by atoms with Crippen molar-refractivity contribution in [2.24, 2.45) is 0 Å². The Labute approximate surface area is 92.3 Å². The van der Waals surface area contributed by atoms with Gasteiger partial charge in [-0.25, -0.2) is 0 Å². The van der Waals surface area contributed by atoms with Crippen molar-refractivity contribution in [2.45, 2.75) is 26.2 Å². The van der Waals surface area contributed by atoms with Crippen molar-refractivity contribution in [2.75, 3.05) is 19.7 Å². The van der Waals surface area contributed by atoms with E-state index in [1.54, 1.807) is 0 Å². The van der Waals surface area contributed by atoms with Crippen LogP contribution in [0.25, 0.3) is 0 Å². The fourth-order valence-corrected chi connectivity index (χ4v) is 1.51. The van der Waals surface area contributed by atoms with Crippen LogP contribution in [0, 0.1) is 0 Å². The molecule has 0 aromatic heterocycles. The minimum Gasteiger partial charge on any atom is -0.395 e. The molecule has 0 aliphatic rings. The number of hydrogen-bond acceptors (Lipinski definition) is 2. The maximum atomic E-state index is 8.60. The Kier molecular flexibility index (Phi) is 5.37. The molecule has 2 nitrogen and oxygen atoms in total. The zero-order chi connectivity index (χ0) is 11.1. The monoisotopic (exact) mass is 207 g/mol. The van der Waals surface area contributed by atoms with Crippen molar-refractivity contribution in [1.82, 2.24) is 5.32 Å². The third-order valence-electron chi connectivity index (χ3n) is 2.53. The van der Waals surface area contributed by atoms with Gasteiger partial charge in [-0.3, -0.25) is 0 Å². The molecule has 0 amide bonds. The lowest BCUT2D eigenvalue weighted by Crippen LogP contribution is -2.20. The van der Waals surface area contributed by atoms with Gasteiger partial charge in [-0.05, 0) is 30.0 Å². The average molecular weight is 207 g/mol. The molecule has 2 heteroatoms. The summed E-state index contributed by atoms with van der Waals surface area (Å²) in [5.74, 6) is 0.603. The molecule has 84 valence electrons. The first-order valence-electron chi connectivity index (χ1n) is 5.64. The van der Waals surface area contributed by atoms with E-state index in [2.05, 4.69) is 43.4 Å². The van der Waals surface area contributed by atoms with E-state index in [9.17, 15) is 0 Å². The maximum absolute atomic E-state index is 8.60. The highest BCUT2D eigenvalue weighted by atomic mass is 16.3. The molecule has 0 fully saturated rings. The van der Waals surface area contributed by atoms with Gasteiger partial charge in [-0.1, -0.05) is 38.1 Å². The summed E-state index contributed by atoms with van der Waals surface area (Å²) in [4.78, 5) is 0. The first-order valence-corrected chi connectivity index (χ1v) is 5.64. The van der Waals surface area contributed by atoms with Crippen LogP contribution in [0.1, 0.15) is 30.9 Å². The Balaban J connectivity index is 2.36. The van der Waals surface area contributed by atoms with Gasteiger partial charge in [0.1, 0.15) is 0 Å². The fourth-order valence-electron chi connectivity index (χ4n) is 1.51. The lowest BCUT2D eigenvalue weighted by atomic mass is 10.0. The molecule has 0 saturated heterocycles. The zero-order valence-corrected chi connectivity index (χ0v) is 9.66. The fraction of sp³-hybridized carbons (Fsp3) is 0.538. The lowest BCUT2D eigenvalue weighted by molar-refractivity contribution is 0.293. The highest BCUT2D eigenvalue weighted by Crippen LogP contribution is 2.14. The largest absolute Gasteiger partial charge is 0.395 e. The lowest BCUT2D eigenvalue weighted by Gasteiger charge is -2.07. The second-order valence-corrected chi connectivity index (χ2v) is 4.12. The Bertz CT molecular complexity index is 266. The van der Waals surface area contributed by atoms with Crippen LogP contribution < -0.4 is 5.32 Å². The van der Waals surface area contributed by atoms with Crippen LogP contribution >= 0.6 is 0 Å². The zero-order valence-electron chi connectivity index (χ0n) is 9.66. The van der Waals surface area contributed by atoms with E-state index in [1.807, 2.05) is 0 Å². The van der Waals surface area contributed by atoms with Gasteiger partial charge >= 0.3 is 0 Å². The summed E-state index contributed by atoms with van der Waals surface area (Å²) in [6.45, 7) is 6.24. The van der Waals surface area contributed by atoms with E-state index in [0.29, 0.717) is 12.5 Å². The maximum Gasteiger partial charge on any atom is 0.0555 e. The average Bonchev–Trinajstić information content (AvgIpc) is 2.25. The van der Waals surface area contributed by atoms with E-state index in [4.69, 9.17) is 5.11 Å². The molecule has 1 aromatic rings. The molecule has 0 heterocycles. The van der Waals surface area contributed by atoms with Gasteiger partial charge in [0, 0.05) is 6.54 Å². The molecule has 2 N–H and O–H groups in total. The van der Waals surface area contributed by atoms with Crippen molar-refractivity contribution >= 4 is 0 Å². The summed E-state index contributed by atoms with van der Waals surface area (Å²) in [5, 5.41) is 11.8. The Morgan fingerprint density at radius 1 is 1.13 bits per heavy atom. The molecular formula is C13H21NO. The standard InChI is InChI=1S/C13H21NO/c1-11(2)13-5-3-12(4-6-13)7-8-14-9-10-15/h3-6,11,14-15H,7-10H2,1-2H3. The summed E-state index contributed by atoms with van der Waals surface area (Å²) >= 11 is 0. The van der Waals surface area contributed by atoms with Gasteiger partial charge in [0.15, 0.2) is 0 Å². The predicted octanol–water partition coefficient (Wildman–Crippen LogP) is 1.93. The number of rotatable bonds is 6. The van der Waals surface area contributed by atoms with Crippen LogP contribution in [0.3, 0.4) is 0 Å². The molecule has 1 rings (SSSR count). The van der Waals surface area contributed by atoms with E-state index in [-0.39, 0.29) is 6.61 Å². The van der Waals surface area contributed by atoms with Crippen LogP contribution in [0.4, 0.5) is 0 Å². The molecule has 0 spiro atoms. The van der Waals surface area contributed by atoms with Crippen molar-refractivity contribution in [3.63, 3.8) is 0 Å². The third-order valence-corrected chi connectivity index (χ3v) is 2.53. The normalized spacial score (nSPS) is 10.9. The molecule has 0 radical (unpaired) electrons. The van der Waals surface area contributed by atoms with E-state index in [1.165, 1.54) is 11.1 Å². The highest BCUT2D eigenvalue weighted by molar-refractivity contribution is 5.24. The predicted molar refractivity (Wildman–Crippen MR) is 64.2 cm³/mol. The van der Waals surface area contributed by atoms with Gasteiger partial charge in [0.25, 0.3) is 0 Å². The molecule has 0 aliphatic heterocycles. The highest BCUT2D eigenvalue weighted by Gasteiger charge is 1.98. The number of hydrogen-bond donors (Lipinski definition) is 2.